The van der Waals surface area contributed by atoms with Crippen molar-refractivity contribution in [2.24, 2.45) is 11.8 Å². The molecule has 5 nitrogen and oxygen atoms in total. The van der Waals surface area contributed by atoms with Gasteiger partial charge in [-0.1, -0.05) is 36.4 Å². The zero-order valence-electron chi connectivity index (χ0n) is 18.3. The molecule has 4 rings (SSSR count). The van der Waals surface area contributed by atoms with Crippen molar-refractivity contribution in [2.75, 3.05) is 39.4 Å². The van der Waals surface area contributed by atoms with E-state index < -0.39 is 0 Å². The number of aryl methyl sites for hydroxylation is 2. The summed E-state index contributed by atoms with van der Waals surface area (Å²) in [7, 11) is 0. The maximum Gasteiger partial charge on any atom is 0.224 e. The second-order valence-electron chi connectivity index (χ2n) is 8.90. The minimum Gasteiger partial charge on any atom is -0.493 e. The minimum absolute atomic E-state index is 0.0267. The fourth-order valence-electron chi connectivity index (χ4n) is 4.90. The van der Waals surface area contributed by atoms with Crippen molar-refractivity contribution in [3.63, 3.8) is 0 Å². The first-order valence-electron chi connectivity index (χ1n) is 11.6. The average Bonchev–Trinajstić information content (AvgIpc) is 3.28. The van der Waals surface area contributed by atoms with E-state index in [0.29, 0.717) is 19.1 Å². The summed E-state index contributed by atoms with van der Waals surface area (Å²) in [5.41, 5.74) is 4.20. The van der Waals surface area contributed by atoms with Gasteiger partial charge in [0.2, 0.25) is 5.91 Å². The van der Waals surface area contributed by atoms with Gasteiger partial charge in [0.1, 0.15) is 5.75 Å². The molecule has 0 radical (unpaired) electrons. The number of carbonyl (C=O) groups is 1. The number of nitrogens with zero attached hydrogens (tertiary/aromatic N) is 1. The van der Waals surface area contributed by atoms with Crippen LogP contribution < -0.4 is 10.1 Å². The normalized spacial score (nSPS) is 20.9. The van der Waals surface area contributed by atoms with Crippen LogP contribution in [0.25, 0.3) is 0 Å². The third kappa shape index (κ3) is 6.08. The van der Waals surface area contributed by atoms with Crippen LogP contribution in [0.1, 0.15) is 29.5 Å². The quantitative estimate of drug-likeness (QED) is 0.652. The monoisotopic (exact) mass is 422 g/mol. The van der Waals surface area contributed by atoms with E-state index in [4.69, 9.17) is 9.84 Å². The number of likely N-dealkylation sites (tertiary alicyclic amines) is 1. The summed E-state index contributed by atoms with van der Waals surface area (Å²) < 4.78 is 6.19. The van der Waals surface area contributed by atoms with Crippen LogP contribution in [-0.4, -0.2) is 55.3 Å². The largest absolute Gasteiger partial charge is 0.493 e. The maximum atomic E-state index is 12.6. The van der Waals surface area contributed by atoms with Gasteiger partial charge in [-0.15, -0.1) is 0 Å². The molecule has 2 atom stereocenters. The van der Waals surface area contributed by atoms with Crippen molar-refractivity contribution in [1.82, 2.24) is 10.2 Å². The van der Waals surface area contributed by atoms with E-state index in [1.54, 1.807) is 0 Å². The third-order valence-corrected chi connectivity index (χ3v) is 6.51. The molecule has 1 aliphatic carbocycles. The molecule has 2 aliphatic rings. The minimum atomic E-state index is -0.0651. The molecular weight excluding hydrogens is 388 g/mol. The lowest BCUT2D eigenvalue weighted by molar-refractivity contribution is -0.127. The number of aliphatic hydroxyl groups is 1. The fraction of sp³-hybridized carbons (Fsp3) is 0.500. The van der Waals surface area contributed by atoms with Gasteiger partial charge in [-0.05, 0) is 60.9 Å². The Kier molecular flexibility index (Phi) is 7.60. The Morgan fingerprint density at radius 3 is 2.77 bits per heavy atom. The molecule has 0 aromatic heterocycles. The van der Waals surface area contributed by atoms with E-state index in [9.17, 15) is 4.79 Å². The lowest BCUT2D eigenvalue weighted by Gasteiger charge is -2.37. The highest BCUT2D eigenvalue weighted by atomic mass is 16.5. The molecule has 0 saturated carbocycles. The number of amides is 1. The second kappa shape index (κ2) is 10.8. The molecule has 2 aromatic carbocycles. The van der Waals surface area contributed by atoms with Crippen LogP contribution in [-0.2, 0) is 24.1 Å². The van der Waals surface area contributed by atoms with Gasteiger partial charge in [-0.2, -0.15) is 0 Å². The molecule has 1 fully saturated rings. The first-order valence-corrected chi connectivity index (χ1v) is 11.6. The van der Waals surface area contributed by atoms with Crippen molar-refractivity contribution in [1.29, 1.82) is 0 Å². The van der Waals surface area contributed by atoms with Crippen LogP contribution in [0.15, 0.2) is 48.5 Å². The van der Waals surface area contributed by atoms with Crippen molar-refractivity contribution in [3.8, 4) is 5.75 Å². The lowest BCUT2D eigenvalue weighted by atomic mass is 9.88. The summed E-state index contributed by atoms with van der Waals surface area (Å²) in [5, 5.41) is 11.9. The highest BCUT2D eigenvalue weighted by Crippen LogP contribution is 2.28. The Morgan fingerprint density at radius 1 is 1.10 bits per heavy atom. The Morgan fingerprint density at radius 2 is 1.94 bits per heavy atom. The number of piperidine rings is 1. The van der Waals surface area contributed by atoms with Gasteiger partial charge in [0.25, 0.3) is 0 Å². The first-order chi connectivity index (χ1) is 15.2. The summed E-state index contributed by atoms with van der Waals surface area (Å²) in [4.78, 5) is 15.0. The standard InChI is InChI=1S/C26H34N2O3/c29-14-12-27-26(30)24-15-21(17-28(18-24)13-11-20-5-2-1-3-6-20)19-31-25-10-9-22-7-4-8-23(22)16-25/h1-3,5-6,9-10,16,21,24,29H,4,7-8,11-15,17-19H2,(H,27,30)/t21-,24+/m0/s1. The first kappa shape index (κ1) is 21.8. The Bertz CT molecular complexity index is 855. The number of benzene rings is 2. The van der Waals surface area contributed by atoms with Gasteiger partial charge in [-0.3, -0.25) is 4.79 Å². The number of carbonyl (C=O) groups excluding carboxylic acids is 1. The fourth-order valence-corrected chi connectivity index (χ4v) is 4.90. The van der Waals surface area contributed by atoms with E-state index in [1.165, 1.54) is 29.5 Å². The Balaban J connectivity index is 1.36. The Hall–Kier alpha value is -2.37. The van der Waals surface area contributed by atoms with Crippen molar-refractivity contribution < 1.29 is 14.6 Å². The Labute approximate surface area is 185 Å². The average molecular weight is 423 g/mol. The van der Waals surface area contributed by atoms with Crippen LogP contribution in [0.2, 0.25) is 0 Å². The van der Waals surface area contributed by atoms with Crippen molar-refractivity contribution in [3.05, 3.63) is 65.2 Å². The van der Waals surface area contributed by atoms with Gasteiger partial charge in [0, 0.05) is 32.1 Å². The van der Waals surface area contributed by atoms with Crippen LogP contribution in [0.4, 0.5) is 0 Å². The molecule has 1 amide bonds. The van der Waals surface area contributed by atoms with Gasteiger partial charge < -0.3 is 20.1 Å². The van der Waals surface area contributed by atoms with Crippen LogP contribution in [0, 0.1) is 11.8 Å². The molecule has 0 unspecified atom stereocenters. The van der Waals surface area contributed by atoms with Crippen LogP contribution in [0.5, 0.6) is 5.75 Å². The molecule has 1 aliphatic heterocycles. The third-order valence-electron chi connectivity index (χ3n) is 6.51. The number of nitrogens with one attached hydrogen (secondary N) is 1. The number of ether oxygens (including phenoxy) is 1. The molecule has 2 N–H and O–H groups in total. The lowest BCUT2D eigenvalue weighted by Crippen LogP contribution is -2.48. The number of fused-ring (bicyclic) bond motifs is 1. The van der Waals surface area contributed by atoms with E-state index in [0.717, 1.165) is 44.6 Å². The van der Waals surface area contributed by atoms with E-state index >= 15 is 0 Å². The summed E-state index contributed by atoms with van der Waals surface area (Å²) >= 11 is 0. The van der Waals surface area contributed by atoms with E-state index in [-0.39, 0.29) is 18.4 Å². The summed E-state index contributed by atoms with van der Waals surface area (Å²) in [6.07, 6.45) is 5.37. The van der Waals surface area contributed by atoms with Gasteiger partial charge in [-0.25, -0.2) is 0 Å². The highest BCUT2D eigenvalue weighted by molar-refractivity contribution is 5.79. The van der Waals surface area contributed by atoms with Crippen molar-refractivity contribution in [2.45, 2.75) is 32.1 Å². The second-order valence-corrected chi connectivity index (χ2v) is 8.90. The van der Waals surface area contributed by atoms with Gasteiger partial charge in [0.15, 0.2) is 0 Å². The van der Waals surface area contributed by atoms with Crippen LogP contribution >= 0.6 is 0 Å². The zero-order chi connectivity index (χ0) is 21.5. The SMILES string of the molecule is O=C(NCCO)[C@@H]1C[C@H](COc2ccc3c(c2)CCC3)CN(CCc2ccccc2)C1. The van der Waals surface area contributed by atoms with Gasteiger partial charge >= 0.3 is 0 Å². The topological polar surface area (TPSA) is 61.8 Å². The molecule has 0 bridgehead atoms. The predicted octanol–water partition coefficient (Wildman–Crippen LogP) is 2.84. The van der Waals surface area contributed by atoms with E-state index in [1.807, 2.05) is 6.07 Å². The highest BCUT2D eigenvalue weighted by Gasteiger charge is 2.31. The molecule has 1 saturated heterocycles. The molecular formula is C26H34N2O3. The zero-order valence-corrected chi connectivity index (χ0v) is 18.3. The number of hydrogen-bond donors (Lipinski definition) is 2. The number of aliphatic hydroxyl groups excluding tert-OH is 1. The number of rotatable bonds is 9. The van der Waals surface area contributed by atoms with Crippen molar-refractivity contribution >= 4 is 5.91 Å². The number of hydrogen-bond acceptors (Lipinski definition) is 4. The molecule has 1 heterocycles. The summed E-state index contributed by atoms with van der Waals surface area (Å²) in [6, 6.07) is 17.0. The van der Waals surface area contributed by atoms with Gasteiger partial charge in [0.05, 0.1) is 19.1 Å². The summed E-state index contributed by atoms with van der Waals surface area (Å²) in [6.45, 7) is 3.56. The molecule has 166 valence electrons. The predicted molar refractivity (Wildman–Crippen MR) is 122 cm³/mol. The maximum absolute atomic E-state index is 12.6. The van der Waals surface area contributed by atoms with E-state index in [2.05, 4.69) is 52.7 Å². The molecule has 2 aromatic rings. The molecule has 0 spiro atoms. The van der Waals surface area contributed by atoms with Crippen LogP contribution in [0.3, 0.4) is 0 Å². The summed E-state index contributed by atoms with van der Waals surface area (Å²) in [5.74, 6) is 1.23. The smallest absolute Gasteiger partial charge is 0.224 e. The molecule has 31 heavy (non-hydrogen) atoms. The molecule has 5 heteroatoms.